The normalized spacial score (nSPS) is 25.5. The predicted molar refractivity (Wildman–Crippen MR) is 80.2 cm³/mol. The molecule has 0 unspecified atom stereocenters. The van der Waals surface area contributed by atoms with E-state index in [4.69, 9.17) is 5.26 Å². The molecule has 2 aliphatic rings. The topological polar surface area (TPSA) is 56.1 Å². The number of hydrogen-bond acceptors (Lipinski definition) is 3. The van der Waals surface area contributed by atoms with Gasteiger partial charge >= 0.3 is 0 Å². The number of amides is 1. The zero-order valence-electron chi connectivity index (χ0n) is 13.7. The van der Waals surface area contributed by atoms with E-state index in [9.17, 15) is 26.7 Å². The third-order valence-corrected chi connectivity index (χ3v) is 5.00. The molecule has 0 radical (unpaired) electrons. The minimum Gasteiger partial charge on any atom is -0.325 e. The van der Waals surface area contributed by atoms with Crippen molar-refractivity contribution in [1.82, 2.24) is 10.2 Å². The molecular weight excluding hydrogens is 357 g/mol. The lowest BCUT2D eigenvalue weighted by molar-refractivity contribution is -0.133. The van der Waals surface area contributed by atoms with Gasteiger partial charge in [0, 0.05) is 12.1 Å². The van der Waals surface area contributed by atoms with Gasteiger partial charge in [-0.05, 0) is 38.1 Å². The maximum atomic E-state index is 13.8. The highest BCUT2D eigenvalue weighted by atomic mass is 19.2. The van der Waals surface area contributed by atoms with Crippen LogP contribution in [0.4, 0.5) is 22.0 Å². The average Bonchev–Trinajstić information content (AvgIpc) is 3.30. The second kappa shape index (κ2) is 7.19. The molecule has 0 saturated carbocycles. The van der Waals surface area contributed by atoms with Gasteiger partial charge in [0.05, 0.1) is 12.1 Å². The summed E-state index contributed by atoms with van der Waals surface area (Å²) >= 11 is 0. The SMILES string of the molecule is N#C[C@@H]1CCCN1C(=O)[C@@H]1C[C@H](Cc2c(F)c(F)c(F)c(F)c2F)CN1. The molecule has 1 aromatic carbocycles. The van der Waals surface area contributed by atoms with Crippen LogP contribution in [0, 0.1) is 46.3 Å². The molecule has 1 N–H and O–H groups in total. The van der Waals surface area contributed by atoms with Crippen LogP contribution in [0.25, 0.3) is 0 Å². The smallest absolute Gasteiger partial charge is 0.240 e. The van der Waals surface area contributed by atoms with Gasteiger partial charge in [0.25, 0.3) is 0 Å². The second-order valence-corrected chi connectivity index (χ2v) is 6.63. The number of likely N-dealkylation sites (tertiary alicyclic amines) is 1. The van der Waals surface area contributed by atoms with Gasteiger partial charge in [-0.2, -0.15) is 5.26 Å². The number of carbonyl (C=O) groups excluding carboxylic acids is 1. The van der Waals surface area contributed by atoms with Crippen LogP contribution in [0.15, 0.2) is 0 Å². The fourth-order valence-corrected chi connectivity index (χ4v) is 3.64. The zero-order chi connectivity index (χ0) is 19.0. The lowest BCUT2D eigenvalue weighted by Crippen LogP contribution is -2.45. The molecule has 3 atom stereocenters. The average molecular weight is 373 g/mol. The van der Waals surface area contributed by atoms with E-state index in [2.05, 4.69) is 11.4 Å². The van der Waals surface area contributed by atoms with E-state index in [1.165, 1.54) is 4.90 Å². The number of nitrogens with one attached hydrogen (secondary N) is 1. The zero-order valence-corrected chi connectivity index (χ0v) is 13.7. The van der Waals surface area contributed by atoms with Crippen molar-refractivity contribution in [2.45, 2.75) is 37.8 Å². The largest absolute Gasteiger partial charge is 0.325 e. The molecule has 2 heterocycles. The molecule has 2 fully saturated rings. The fourth-order valence-electron chi connectivity index (χ4n) is 3.64. The van der Waals surface area contributed by atoms with Crippen LogP contribution in [-0.2, 0) is 11.2 Å². The van der Waals surface area contributed by atoms with Gasteiger partial charge in [-0.15, -0.1) is 0 Å². The standard InChI is InChI=1S/C17H16F5N3O/c18-12-10(13(19)15(21)16(22)14(12)20)4-8-5-11(24-7-8)17(26)25-3-1-2-9(25)6-23/h8-9,11,24H,1-5,7H2/t8-,9-,11-/m0/s1. The molecule has 0 aromatic heterocycles. The van der Waals surface area contributed by atoms with Crippen molar-refractivity contribution in [3.8, 4) is 6.07 Å². The Morgan fingerprint density at radius 3 is 2.35 bits per heavy atom. The van der Waals surface area contributed by atoms with Gasteiger partial charge < -0.3 is 10.2 Å². The van der Waals surface area contributed by atoms with Crippen LogP contribution in [-0.4, -0.2) is 36.0 Å². The maximum Gasteiger partial charge on any atom is 0.240 e. The highest BCUT2D eigenvalue weighted by Gasteiger charge is 2.38. The molecule has 3 rings (SSSR count). The van der Waals surface area contributed by atoms with E-state index in [1.54, 1.807) is 0 Å². The number of nitriles is 1. The summed E-state index contributed by atoms with van der Waals surface area (Å²) < 4.78 is 67.3. The molecule has 9 heteroatoms. The number of hydrogen-bond donors (Lipinski definition) is 1. The van der Waals surface area contributed by atoms with Crippen LogP contribution >= 0.6 is 0 Å². The van der Waals surface area contributed by atoms with Gasteiger partial charge in [0.2, 0.25) is 11.7 Å². The molecule has 0 aliphatic carbocycles. The van der Waals surface area contributed by atoms with E-state index in [0.717, 1.165) is 6.42 Å². The number of benzene rings is 1. The molecule has 1 aromatic rings. The predicted octanol–water partition coefficient (Wildman–Crippen LogP) is 2.42. The number of halogens is 5. The van der Waals surface area contributed by atoms with E-state index in [0.29, 0.717) is 13.0 Å². The second-order valence-electron chi connectivity index (χ2n) is 6.63. The Balaban J connectivity index is 1.71. The van der Waals surface area contributed by atoms with E-state index in [-0.39, 0.29) is 25.3 Å². The molecule has 26 heavy (non-hydrogen) atoms. The summed E-state index contributed by atoms with van der Waals surface area (Å²) in [7, 11) is 0. The van der Waals surface area contributed by atoms with Gasteiger partial charge in [-0.3, -0.25) is 4.79 Å². The number of carbonyl (C=O) groups is 1. The van der Waals surface area contributed by atoms with Crippen molar-refractivity contribution in [3.63, 3.8) is 0 Å². The summed E-state index contributed by atoms with van der Waals surface area (Å²) in [5, 5.41) is 12.0. The first-order chi connectivity index (χ1) is 12.3. The highest BCUT2D eigenvalue weighted by Crippen LogP contribution is 2.29. The first kappa shape index (κ1) is 18.6. The van der Waals surface area contributed by atoms with Gasteiger partial charge in [-0.1, -0.05) is 0 Å². The van der Waals surface area contributed by atoms with Crippen LogP contribution < -0.4 is 5.32 Å². The molecular formula is C17H16F5N3O. The first-order valence-corrected chi connectivity index (χ1v) is 8.29. The van der Waals surface area contributed by atoms with Gasteiger partial charge in [0.1, 0.15) is 6.04 Å². The molecule has 140 valence electrons. The van der Waals surface area contributed by atoms with Crippen LogP contribution in [0.1, 0.15) is 24.8 Å². The van der Waals surface area contributed by atoms with E-state index < -0.39 is 52.7 Å². The first-order valence-electron chi connectivity index (χ1n) is 8.29. The summed E-state index contributed by atoms with van der Waals surface area (Å²) in [5.74, 6) is -10.5. The van der Waals surface area contributed by atoms with Crippen LogP contribution in [0.3, 0.4) is 0 Å². The monoisotopic (exact) mass is 373 g/mol. The highest BCUT2D eigenvalue weighted by molar-refractivity contribution is 5.83. The van der Waals surface area contributed by atoms with Gasteiger partial charge in [-0.25, -0.2) is 22.0 Å². The quantitative estimate of drug-likeness (QED) is 0.503. The van der Waals surface area contributed by atoms with E-state index >= 15 is 0 Å². The summed E-state index contributed by atoms with van der Waals surface area (Å²) in [6.07, 6.45) is 1.16. The fraction of sp³-hybridized carbons (Fsp3) is 0.529. The Bertz CT molecular complexity index is 750. The third kappa shape index (κ3) is 3.14. The Morgan fingerprint density at radius 2 is 1.73 bits per heavy atom. The maximum absolute atomic E-state index is 13.8. The summed E-state index contributed by atoms with van der Waals surface area (Å²) in [5.41, 5.74) is -0.864. The van der Waals surface area contributed by atoms with Crippen molar-refractivity contribution >= 4 is 5.91 Å². The van der Waals surface area contributed by atoms with Crippen molar-refractivity contribution in [1.29, 1.82) is 5.26 Å². The molecule has 0 spiro atoms. The van der Waals surface area contributed by atoms with Crippen molar-refractivity contribution in [2.24, 2.45) is 5.92 Å². The Morgan fingerprint density at radius 1 is 1.12 bits per heavy atom. The Hall–Kier alpha value is -2.21. The summed E-state index contributed by atoms with van der Waals surface area (Å²) in [6.45, 7) is 0.679. The lowest BCUT2D eigenvalue weighted by atomic mass is 9.95. The molecule has 1 amide bonds. The summed E-state index contributed by atoms with van der Waals surface area (Å²) in [4.78, 5) is 14.0. The Kier molecular flexibility index (Phi) is 5.14. The minimum absolute atomic E-state index is 0.201. The third-order valence-electron chi connectivity index (χ3n) is 5.00. The van der Waals surface area contributed by atoms with Gasteiger partial charge in [0.15, 0.2) is 23.3 Å². The molecule has 0 bridgehead atoms. The molecule has 2 saturated heterocycles. The van der Waals surface area contributed by atoms with Crippen LogP contribution in [0.2, 0.25) is 0 Å². The molecule has 4 nitrogen and oxygen atoms in total. The number of rotatable bonds is 3. The Labute approximate surface area is 146 Å². The van der Waals surface area contributed by atoms with Crippen molar-refractivity contribution in [3.05, 3.63) is 34.6 Å². The molecule has 2 aliphatic heterocycles. The van der Waals surface area contributed by atoms with Crippen molar-refractivity contribution < 1.29 is 26.7 Å². The number of nitrogens with zero attached hydrogens (tertiary/aromatic N) is 2. The lowest BCUT2D eigenvalue weighted by Gasteiger charge is -2.23. The van der Waals surface area contributed by atoms with E-state index in [1.807, 2.05) is 0 Å². The van der Waals surface area contributed by atoms with Crippen molar-refractivity contribution in [2.75, 3.05) is 13.1 Å². The van der Waals surface area contributed by atoms with Crippen LogP contribution in [0.5, 0.6) is 0 Å². The minimum atomic E-state index is -2.18. The summed E-state index contributed by atoms with van der Waals surface area (Å²) in [6, 6.07) is 0.944.